The number of allylic oxidation sites excluding steroid dienone is 1. The molecular formula is C12H24S. The van der Waals surface area contributed by atoms with Crippen LogP contribution in [0.5, 0.6) is 0 Å². The highest BCUT2D eigenvalue weighted by atomic mass is 32.2. The molecule has 13 heavy (non-hydrogen) atoms. The molecule has 0 aliphatic heterocycles. The molecule has 0 aliphatic carbocycles. The Kier molecular flexibility index (Phi) is 6.58. The van der Waals surface area contributed by atoms with Gasteiger partial charge in [-0.15, -0.1) is 0 Å². The quantitative estimate of drug-likeness (QED) is 0.469. The summed E-state index contributed by atoms with van der Waals surface area (Å²) in [7, 11) is 0. The summed E-state index contributed by atoms with van der Waals surface area (Å²) >= 11 is 2.03. The molecule has 0 nitrogen and oxygen atoms in total. The van der Waals surface area contributed by atoms with Crippen LogP contribution in [-0.4, -0.2) is 11.5 Å². The zero-order chi connectivity index (χ0) is 10.3. The first-order valence-electron chi connectivity index (χ1n) is 5.14. The summed E-state index contributed by atoms with van der Waals surface area (Å²) in [5, 5.41) is 0. The predicted molar refractivity (Wildman–Crippen MR) is 65.4 cm³/mol. The second-order valence-electron chi connectivity index (χ2n) is 5.17. The van der Waals surface area contributed by atoms with Gasteiger partial charge in [-0.05, 0) is 23.5 Å². The van der Waals surface area contributed by atoms with E-state index < -0.39 is 0 Å². The van der Waals surface area contributed by atoms with Crippen LogP contribution in [-0.2, 0) is 0 Å². The number of hydrogen-bond acceptors (Lipinski definition) is 1. The molecule has 0 saturated heterocycles. The third kappa shape index (κ3) is 12.1. The smallest absolute Gasteiger partial charge is 0.0113 e. The fraction of sp³-hybridized carbons (Fsp3) is 0.833. The van der Waals surface area contributed by atoms with Crippen LogP contribution in [0.15, 0.2) is 12.2 Å². The van der Waals surface area contributed by atoms with Crippen LogP contribution in [0.1, 0.15) is 41.0 Å². The summed E-state index contributed by atoms with van der Waals surface area (Å²) in [6.07, 6.45) is 5.81. The van der Waals surface area contributed by atoms with Gasteiger partial charge in [-0.1, -0.05) is 46.8 Å². The Morgan fingerprint density at radius 1 is 1.15 bits per heavy atom. The summed E-state index contributed by atoms with van der Waals surface area (Å²) in [5.41, 5.74) is 0.444. The van der Waals surface area contributed by atoms with E-state index in [1.54, 1.807) is 0 Å². The minimum Gasteiger partial charge on any atom is -0.158 e. The minimum atomic E-state index is 0.444. The molecule has 0 atom stereocenters. The molecule has 0 fully saturated rings. The lowest BCUT2D eigenvalue weighted by Gasteiger charge is -2.14. The Morgan fingerprint density at radius 2 is 1.77 bits per heavy atom. The summed E-state index contributed by atoms with van der Waals surface area (Å²) in [6, 6.07) is 0. The molecule has 0 rings (SSSR count). The highest BCUT2D eigenvalue weighted by Gasteiger charge is 2.05. The normalized spacial score (nSPS) is 13.1. The lowest BCUT2D eigenvalue weighted by Crippen LogP contribution is -2.01. The molecule has 0 aromatic rings. The maximum Gasteiger partial charge on any atom is 0.0113 e. The van der Waals surface area contributed by atoms with Gasteiger partial charge < -0.3 is 0 Å². The van der Waals surface area contributed by atoms with Crippen molar-refractivity contribution in [3.8, 4) is 0 Å². The van der Waals surface area contributed by atoms with Crippen LogP contribution in [0.25, 0.3) is 0 Å². The SMILES string of the molecule is CC(C)CSC/C=C\CC(C)(C)C. The van der Waals surface area contributed by atoms with E-state index in [0.717, 1.165) is 5.92 Å². The van der Waals surface area contributed by atoms with E-state index in [4.69, 9.17) is 0 Å². The second kappa shape index (κ2) is 6.53. The lowest BCUT2D eigenvalue weighted by molar-refractivity contribution is 0.420. The van der Waals surface area contributed by atoms with E-state index in [2.05, 4.69) is 46.8 Å². The van der Waals surface area contributed by atoms with Crippen molar-refractivity contribution in [3.05, 3.63) is 12.2 Å². The van der Waals surface area contributed by atoms with Crippen LogP contribution >= 0.6 is 11.8 Å². The van der Waals surface area contributed by atoms with Gasteiger partial charge in [0, 0.05) is 5.75 Å². The van der Waals surface area contributed by atoms with Crippen molar-refractivity contribution in [2.75, 3.05) is 11.5 Å². The molecule has 1 heteroatoms. The molecule has 0 unspecified atom stereocenters. The van der Waals surface area contributed by atoms with E-state index in [-0.39, 0.29) is 0 Å². The number of hydrogen-bond donors (Lipinski definition) is 0. The van der Waals surface area contributed by atoms with E-state index in [1.165, 1.54) is 17.9 Å². The molecule has 0 heterocycles. The number of thioether (sulfide) groups is 1. The van der Waals surface area contributed by atoms with Crippen molar-refractivity contribution in [2.24, 2.45) is 11.3 Å². The molecule has 0 aliphatic rings. The summed E-state index contributed by atoms with van der Waals surface area (Å²) in [4.78, 5) is 0. The highest BCUT2D eigenvalue weighted by Crippen LogP contribution is 2.19. The first kappa shape index (κ1) is 13.1. The molecule has 0 aromatic carbocycles. The Hall–Kier alpha value is 0.0900. The van der Waals surface area contributed by atoms with Gasteiger partial charge in [-0.25, -0.2) is 0 Å². The summed E-state index contributed by atoms with van der Waals surface area (Å²) < 4.78 is 0. The van der Waals surface area contributed by atoms with Gasteiger partial charge in [0.25, 0.3) is 0 Å². The van der Waals surface area contributed by atoms with E-state index in [0.29, 0.717) is 5.41 Å². The predicted octanol–water partition coefficient (Wildman–Crippen LogP) is 4.37. The Labute approximate surface area is 88.2 Å². The molecular weight excluding hydrogens is 176 g/mol. The Morgan fingerprint density at radius 3 is 2.23 bits per heavy atom. The van der Waals surface area contributed by atoms with Crippen molar-refractivity contribution in [1.82, 2.24) is 0 Å². The van der Waals surface area contributed by atoms with Crippen molar-refractivity contribution >= 4 is 11.8 Å². The zero-order valence-electron chi connectivity index (χ0n) is 9.76. The van der Waals surface area contributed by atoms with Crippen LogP contribution in [0.2, 0.25) is 0 Å². The molecule has 0 saturated carbocycles. The third-order valence-electron chi connectivity index (χ3n) is 1.56. The van der Waals surface area contributed by atoms with Crippen molar-refractivity contribution in [2.45, 2.75) is 41.0 Å². The van der Waals surface area contributed by atoms with Gasteiger partial charge in [0.15, 0.2) is 0 Å². The molecule has 78 valence electrons. The average molecular weight is 200 g/mol. The minimum absolute atomic E-state index is 0.444. The Balaban J connectivity index is 3.33. The number of rotatable bonds is 5. The molecule has 0 N–H and O–H groups in total. The first-order chi connectivity index (χ1) is 5.92. The maximum atomic E-state index is 2.31. The molecule has 0 amide bonds. The fourth-order valence-corrected chi connectivity index (χ4v) is 1.76. The van der Waals surface area contributed by atoms with Gasteiger partial charge in [0.1, 0.15) is 0 Å². The topological polar surface area (TPSA) is 0 Å². The van der Waals surface area contributed by atoms with E-state index >= 15 is 0 Å². The van der Waals surface area contributed by atoms with E-state index in [9.17, 15) is 0 Å². The third-order valence-corrected chi connectivity index (χ3v) is 2.89. The highest BCUT2D eigenvalue weighted by molar-refractivity contribution is 7.99. The molecule has 0 radical (unpaired) electrons. The van der Waals surface area contributed by atoms with Crippen molar-refractivity contribution in [3.63, 3.8) is 0 Å². The van der Waals surface area contributed by atoms with Crippen molar-refractivity contribution < 1.29 is 0 Å². The first-order valence-corrected chi connectivity index (χ1v) is 6.30. The van der Waals surface area contributed by atoms with Gasteiger partial charge in [-0.2, -0.15) is 11.8 Å². The fourth-order valence-electron chi connectivity index (χ4n) is 0.877. The maximum absolute atomic E-state index is 2.31. The standard InChI is InChI=1S/C12H24S/c1-11(2)10-13-9-7-6-8-12(3,4)5/h6-7,11H,8-10H2,1-5H3/b7-6-. The second-order valence-corrected chi connectivity index (χ2v) is 6.24. The zero-order valence-corrected chi connectivity index (χ0v) is 10.6. The molecule has 0 spiro atoms. The van der Waals surface area contributed by atoms with Crippen LogP contribution in [0, 0.1) is 11.3 Å². The van der Waals surface area contributed by atoms with Gasteiger partial charge in [0.2, 0.25) is 0 Å². The van der Waals surface area contributed by atoms with Crippen LogP contribution < -0.4 is 0 Å². The largest absolute Gasteiger partial charge is 0.158 e. The average Bonchev–Trinajstić information content (AvgIpc) is 1.93. The summed E-state index contributed by atoms with van der Waals surface area (Å²) in [5.74, 6) is 3.27. The lowest BCUT2D eigenvalue weighted by atomic mass is 9.92. The monoisotopic (exact) mass is 200 g/mol. The van der Waals surface area contributed by atoms with Gasteiger partial charge in [-0.3, -0.25) is 0 Å². The molecule has 0 bridgehead atoms. The van der Waals surface area contributed by atoms with Crippen molar-refractivity contribution in [1.29, 1.82) is 0 Å². The van der Waals surface area contributed by atoms with Gasteiger partial charge in [0.05, 0.1) is 0 Å². The Bertz CT molecular complexity index is 140. The molecule has 0 aromatic heterocycles. The van der Waals surface area contributed by atoms with Gasteiger partial charge >= 0.3 is 0 Å². The van der Waals surface area contributed by atoms with E-state index in [1.807, 2.05) is 11.8 Å². The van der Waals surface area contributed by atoms with Crippen LogP contribution in [0.3, 0.4) is 0 Å². The van der Waals surface area contributed by atoms with Crippen LogP contribution in [0.4, 0.5) is 0 Å². The summed E-state index contributed by atoms with van der Waals surface area (Å²) in [6.45, 7) is 11.4.